The molecule has 0 aliphatic heterocycles. The van der Waals surface area contributed by atoms with Gasteiger partial charge < -0.3 is 14.9 Å². The van der Waals surface area contributed by atoms with E-state index in [1.807, 2.05) is 0 Å². The van der Waals surface area contributed by atoms with Gasteiger partial charge in [-0.15, -0.1) is 0 Å². The third-order valence-electron chi connectivity index (χ3n) is 1.66. The van der Waals surface area contributed by atoms with Crippen LogP contribution in [-0.2, 0) is 9.59 Å². The molecule has 1 atom stereocenters. The number of carboxylic acids is 2. The lowest BCUT2D eigenvalue weighted by atomic mass is 10.2. The highest BCUT2D eigenvalue weighted by Crippen LogP contribution is 2.12. The van der Waals surface area contributed by atoms with Crippen LogP contribution in [0.2, 0.25) is 0 Å². The number of rotatable bonds is 5. The molecule has 2 N–H and O–H groups in total. The summed E-state index contributed by atoms with van der Waals surface area (Å²) in [7, 11) is 0. The molecule has 0 bridgehead atoms. The number of ether oxygens (including phenoxy) is 1. The quantitative estimate of drug-likeness (QED) is 0.757. The zero-order chi connectivity index (χ0) is 11.3. The molecule has 0 heterocycles. The highest BCUT2D eigenvalue weighted by molar-refractivity contribution is 5.79. The Morgan fingerprint density at radius 1 is 1.20 bits per heavy atom. The van der Waals surface area contributed by atoms with Crippen molar-refractivity contribution in [2.45, 2.75) is 12.5 Å². The van der Waals surface area contributed by atoms with E-state index < -0.39 is 24.5 Å². The zero-order valence-electron chi connectivity index (χ0n) is 7.79. The predicted octanol–water partition coefficient (Wildman–Crippen LogP) is 0.993. The van der Waals surface area contributed by atoms with E-state index >= 15 is 0 Å². The molecule has 0 aliphatic rings. The number of benzene rings is 1. The van der Waals surface area contributed by atoms with Crippen LogP contribution >= 0.6 is 0 Å². The second-order valence-corrected chi connectivity index (χ2v) is 2.86. The molecular formula is C10H10O5. The summed E-state index contributed by atoms with van der Waals surface area (Å²) in [5.74, 6) is -2.16. The van der Waals surface area contributed by atoms with Crippen LogP contribution in [0, 0.1) is 0 Å². The minimum atomic E-state index is -1.36. The van der Waals surface area contributed by atoms with Gasteiger partial charge in [0.25, 0.3) is 0 Å². The average molecular weight is 210 g/mol. The summed E-state index contributed by atoms with van der Waals surface area (Å²) in [6, 6.07) is 8.24. The molecule has 5 heteroatoms. The minimum absolute atomic E-state index is 0.339. The molecule has 0 amide bonds. The molecule has 0 saturated carbocycles. The first-order chi connectivity index (χ1) is 7.09. The average Bonchev–Trinajstić information content (AvgIpc) is 2.17. The van der Waals surface area contributed by atoms with Crippen molar-refractivity contribution < 1.29 is 24.5 Å². The predicted molar refractivity (Wildman–Crippen MR) is 50.7 cm³/mol. The standard InChI is InChI=1S/C10H10O5/c11-9(12)6-8(10(13)14)15-7-4-2-1-3-5-7/h1-5,8H,6H2,(H,11,12)(H,13,14)/t8-/m0/s1. The molecular weight excluding hydrogens is 200 g/mol. The van der Waals surface area contributed by atoms with Crippen molar-refractivity contribution in [1.82, 2.24) is 0 Å². The van der Waals surface area contributed by atoms with Gasteiger partial charge in [-0.3, -0.25) is 4.79 Å². The first-order valence-electron chi connectivity index (χ1n) is 4.26. The fourth-order valence-corrected chi connectivity index (χ4v) is 1.00. The van der Waals surface area contributed by atoms with Gasteiger partial charge in [0.1, 0.15) is 5.75 Å². The molecule has 0 unspecified atom stereocenters. The van der Waals surface area contributed by atoms with Crippen LogP contribution in [0.15, 0.2) is 30.3 Å². The van der Waals surface area contributed by atoms with Gasteiger partial charge in [0.05, 0.1) is 6.42 Å². The molecule has 0 aliphatic carbocycles. The van der Waals surface area contributed by atoms with Crippen molar-refractivity contribution in [3.05, 3.63) is 30.3 Å². The second kappa shape index (κ2) is 4.99. The van der Waals surface area contributed by atoms with Gasteiger partial charge in [0, 0.05) is 0 Å². The van der Waals surface area contributed by atoms with Crippen molar-refractivity contribution in [1.29, 1.82) is 0 Å². The molecule has 0 aromatic heterocycles. The Kier molecular flexibility index (Phi) is 3.68. The monoisotopic (exact) mass is 210 g/mol. The normalized spacial score (nSPS) is 11.7. The van der Waals surface area contributed by atoms with E-state index in [2.05, 4.69) is 0 Å². The smallest absolute Gasteiger partial charge is 0.345 e. The van der Waals surface area contributed by atoms with Gasteiger partial charge >= 0.3 is 11.9 Å². The van der Waals surface area contributed by atoms with E-state index in [1.54, 1.807) is 30.3 Å². The van der Waals surface area contributed by atoms with E-state index in [4.69, 9.17) is 14.9 Å². The Morgan fingerprint density at radius 3 is 2.27 bits per heavy atom. The van der Waals surface area contributed by atoms with Gasteiger partial charge in [-0.05, 0) is 12.1 Å². The Morgan fingerprint density at radius 2 is 1.80 bits per heavy atom. The summed E-state index contributed by atoms with van der Waals surface area (Å²) in [4.78, 5) is 21.0. The lowest BCUT2D eigenvalue weighted by Crippen LogP contribution is -2.29. The summed E-state index contributed by atoms with van der Waals surface area (Å²) < 4.78 is 5.01. The summed E-state index contributed by atoms with van der Waals surface area (Å²) >= 11 is 0. The lowest BCUT2D eigenvalue weighted by Gasteiger charge is -2.12. The van der Waals surface area contributed by atoms with Crippen LogP contribution in [0.4, 0.5) is 0 Å². The zero-order valence-corrected chi connectivity index (χ0v) is 7.79. The summed E-state index contributed by atoms with van der Waals surface area (Å²) in [6.07, 6.45) is -1.92. The Bertz CT molecular complexity index is 346. The Hall–Kier alpha value is -2.04. The van der Waals surface area contributed by atoms with Crippen LogP contribution < -0.4 is 4.74 Å². The van der Waals surface area contributed by atoms with Crippen LogP contribution in [0.3, 0.4) is 0 Å². The van der Waals surface area contributed by atoms with Crippen molar-refractivity contribution in [2.24, 2.45) is 0 Å². The largest absolute Gasteiger partial charge is 0.481 e. The van der Waals surface area contributed by atoms with Gasteiger partial charge in [0.15, 0.2) is 0 Å². The third kappa shape index (κ3) is 3.68. The number of carboxylic acid groups (broad SMARTS) is 2. The molecule has 0 spiro atoms. The molecule has 0 fully saturated rings. The van der Waals surface area contributed by atoms with Crippen molar-refractivity contribution in [3.8, 4) is 5.75 Å². The Balaban J connectivity index is 2.67. The topological polar surface area (TPSA) is 83.8 Å². The molecule has 15 heavy (non-hydrogen) atoms. The summed E-state index contributed by atoms with van der Waals surface area (Å²) in [6.45, 7) is 0. The van der Waals surface area contributed by atoms with Crippen molar-refractivity contribution in [2.75, 3.05) is 0 Å². The molecule has 80 valence electrons. The first kappa shape index (κ1) is 11.0. The Labute approximate surface area is 85.9 Å². The molecule has 1 rings (SSSR count). The highest BCUT2D eigenvalue weighted by Gasteiger charge is 2.22. The fourth-order valence-electron chi connectivity index (χ4n) is 1.00. The van der Waals surface area contributed by atoms with Crippen LogP contribution in [0.1, 0.15) is 6.42 Å². The molecule has 0 saturated heterocycles. The minimum Gasteiger partial charge on any atom is -0.481 e. The number of hydrogen-bond donors (Lipinski definition) is 2. The van der Waals surface area contributed by atoms with Crippen molar-refractivity contribution in [3.63, 3.8) is 0 Å². The number of hydrogen-bond acceptors (Lipinski definition) is 3. The molecule has 1 aromatic carbocycles. The highest BCUT2D eigenvalue weighted by atomic mass is 16.5. The van der Waals surface area contributed by atoms with E-state index in [9.17, 15) is 9.59 Å². The fraction of sp³-hybridized carbons (Fsp3) is 0.200. The first-order valence-corrected chi connectivity index (χ1v) is 4.26. The number of carbonyl (C=O) groups is 2. The van der Waals surface area contributed by atoms with E-state index in [0.29, 0.717) is 5.75 Å². The van der Waals surface area contributed by atoms with E-state index in [0.717, 1.165) is 0 Å². The molecule has 0 radical (unpaired) electrons. The summed E-state index contributed by atoms with van der Waals surface area (Å²) in [5.41, 5.74) is 0. The van der Waals surface area contributed by atoms with Crippen LogP contribution in [0.5, 0.6) is 5.75 Å². The lowest BCUT2D eigenvalue weighted by molar-refractivity contribution is -0.151. The summed E-state index contributed by atoms with van der Waals surface area (Å²) in [5, 5.41) is 17.2. The van der Waals surface area contributed by atoms with Crippen molar-refractivity contribution >= 4 is 11.9 Å². The molecule has 1 aromatic rings. The van der Waals surface area contributed by atoms with Crippen LogP contribution in [-0.4, -0.2) is 28.3 Å². The third-order valence-corrected chi connectivity index (χ3v) is 1.66. The van der Waals surface area contributed by atoms with Crippen LogP contribution in [0.25, 0.3) is 0 Å². The number of aliphatic carboxylic acids is 2. The number of para-hydroxylation sites is 1. The maximum absolute atomic E-state index is 10.7. The maximum atomic E-state index is 10.7. The SMILES string of the molecule is O=C(O)C[C@H](Oc1ccccc1)C(=O)O. The van der Waals surface area contributed by atoms with E-state index in [1.165, 1.54) is 0 Å². The van der Waals surface area contributed by atoms with Gasteiger partial charge in [-0.2, -0.15) is 0 Å². The second-order valence-electron chi connectivity index (χ2n) is 2.86. The van der Waals surface area contributed by atoms with Gasteiger partial charge in [-0.25, -0.2) is 4.79 Å². The van der Waals surface area contributed by atoms with Gasteiger partial charge in [0.2, 0.25) is 6.10 Å². The van der Waals surface area contributed by atoms with E-state index in [-0.39, 0.29) is 0 Å². The maximum Gasteiger partial charge on any atom is 0.345 e. The van der Waals surface area contributed by atoms with Gasteiger partial charge in [-0.1, -0.05) is 18.2 Å². The molecule has 5 nitrogen and oxygen atoms in total.